The fourth-order valence-corrected chi connectivity index (χ4v) is 3.99. The first-order valence-corrected chi connectivity index (χ1v) is 10.1. The van der Waals surface area contributed by atoms with Crippen LogP contribution >= 0.6 is 0 Å². The minimum absolute atomic E-state index is 0.0600. The first kappa shape index (κ1) is 21.8. The van der Waals surface area contributed by atoms with Gasteiger partial charge in [0.1, 0.15) is 5.60 Å². The quantitative estimate of drug-likeness (QED) is 0.281. The van der Waals surface area contributed by atoms with E-state index in [0.717, 1.165) is 32.1 Å². The van der Waals surface area contributed by atoms with Crippen LogP contribution in [-0.4, -0.2) is 11.6 Å². The maximum atomic E-state index is 12.0. The molecule has 1 rings (SSSR count). The summed E-state index contributed by atoms with van der Waals surface area (Å²) >= 11 is 0. The molecule has 0 amide bonds. The first-order valence-electron chi connectivity index (χ1n) is 10.1. The number of carbonyl (C=O) groups is 1. The fraction of sp³-hybridized carbons (Fsp3) is 0.783. The predicted molar refractivity (Wildman–Crippen MR) is 106 cm³/mol. The van der Waals surface area contributed by atoms with E-state index in [4.69, 9.17) is 11.2 Å². The Morgan fingerprint density at radius 3 is 2.72 bits per heavy atom. The average molecular weight is 347 g/mol. The Balaban J connectivity index is 2.64. The predicted octanol–water partition coefficient (Wildman–Crippen LogP) is 6.59. The third kappa shape index (κ3) is 9.15. The summed E-state index contributed by atoms with van der Waals surface area (Å²) in [6, 6.07) is 0. The number of ether oxygens (including phenoxy) is 1. The molecule has 2 heteroatoms. The van der Waals surface area contributed by atoms with Gasteiger partial charge in [0.05, 0.1) is 0 Å². The monoisotopic (exact) mass is 346 g/mol. The second kappa shape index (κ2) is 10.7. The highest BCUT2D eigenvalue weighted by Crippen LogP contribution is 2.42. The van der Waals surface area contributed by atoms with E-state index in [0.29, 0.717) is 11.8 Å². The highest BCUT2D eigenvalue weighted by atomic mass is 16.6. The highest BCUT2D eigenvalue weighted by Gasteiger charge is 2.29. The standard InChI is InChI=1S/C23H38O2/c1-6-8-12-20-13-9-10-17-23(16-7-2,19-15-20)18-11-14-21(24)25-22(3,4)5/h1,15H,7-14,16-19H2,2-5H3. The number of carbonyl (C=O) groups excluding carboxylic acids is 1. The first-order chi connectivity index (χ1) is 11.8. The molecule has 0 aromatic carbocycles. The number of terminal acetylenes is 1. The Kier molecular flexibility index (Phi) is 9.33. The second-order valence-corrected chi connectivity index (χ2v) is 8.67. The Hall–Kier alpha value is -1.23. The van der Waals surface area contributed by atoms with E-state index < -0.39 is 0 Å². The lowest BCUT2D eigenvalue weighted by Crippen LogP contribution is -2.25. The zero-order valence-corrected chi connectivity index (χ0v) is 17.0. The molecule has 1 aliphatic carbocycles. The molecule has 0 radical (unpaired) electrons. The molecule has 142 valence electrons. The van der Waals surface area contributed by atoms with Gasteiger partial charge in [0.2, 0.25) is 0 Å². The van der Waals surface area contributed by atoms with Gasteiger partial charge in [0.15, 0.2) is 0 Å². The largest absolute Gasteiger partial charge is 0.460 e. The van der Waals surface area contributed by atoms with E-state index >= 15 is 0 Å². The molecule has 0 saturated heterocycles. The van der Waals surface area contributed by atoms with Crippen molar-refractivity contribution in [2.45, 2.75) is 110 Å². The number of rotatable bonds is 8. The van der Waals surface area contributed by atoms with E-state index in [9.17, 15) is 4.79 Å². The topological polar surface area (TPSA) is 26.3 Å². The van der Waals surface area contributed by atoms with Crippen molar-refractivity contribution in [1.82, 2.24) is 0 Å². The van der Waals surface area contributed by atoms with E-state index in [2.05, 4.69) is 18.9 Å². The normalized spacial score (nSPS) is 21.6. The number of esters is 1. The summed E-state index contributed by atoms with van der Waals surface area (Å²) in [6.45, 7) is 8.07. The lowest BCUT2D eigenvalue weighted by atomic mass is 9.70. The molecular weight excluding hydrogens is 308 g/mol. The van der Waals surface area contributed by atoms with Gasteiger partial charge in [-0.25, -0.2) is 0 Å². The molecule has 0 aromatic heterocycles. The lowest BCUT2D eigenvalue weighted by molar-refractivity contribution is -0.155. The van der Waals surface area contributed by atoms with Crippen molar-refractivity contribution < 1.29 is 9.53 Å². The van der Waals surface area contributed by atoms with Crippen LogP contribution in [-0.2, 0) is 9.53 Å². The van der Waals surface area contributed by atoms with Gasteiger partial charge in [0.25, 0.3) is 0 Å². The van der Waals surface area contributed by atoms with Crippen molar-refractivity contribution in [2.24, 2.45) is 5.41 Å². The van der Waals surface area contributed by atoms with Gasteiger partial charge < -0.3 is 4.74 Å². The maximum Gasteiger partial charge on any atom is 0.306 e. The van der Waals surface area contributed by atoms with Crippen LogP contribution in [0.3, 0.4) is 0 Å². The van der Waals surface area contributed by atoms with Crippen molar-refractivity contribution >= 4 is 5.97 Å². The molecule has 1 aliphatic rings. The van der Waals surface area contributed by atoms with E-state index in [-0.39, 0.29) is 11.6 Å². The second-order valence-electron chi connectivity index (χ2n) is 8.67. The zero-order chi connectivity index (χ0) is 18.8. The molecular formula is C23H38O2. The van der Waals surface area contributed by atoms with E-state index in [1.54, 1.807) is 5.57 Å². The van der Waals surface area contributed by atoms with Gasteiger partial charge in [-0.3, -0.25) is 4.79 Å². The van der Waals surface area contributed by atoms with Gasteiger partial charge in [-0.2, -0.15) is 0 Å². The summed E-state index contributed by atoms with van der Waals surface area (Å²) in [5.74, 6) is 2.71. The van der Waals surface area contributed by atoms with Crippen molar-refractivity contribution in [3.8, 4) is 12.3 Å². The Labute approximate surface area is 155 Å². The van der Waals surface area contributed by atoms with Gasteiger partial charge in [-0.15, -0.1) is 12.3 Å². The molecule has 0 heterocycles. The SMILES string of the molecule is C#CCCC1=CCC(CCC)(CCCC(=O)OC(C)(C)C)CCCC1. The molecule has 0 saturated carbocycles. The van der Waals surface area contributed by atoms with Gasteiger partial charge in [-0.1, -0.05) is 31.4 Å². The number of hydrogen-bond donors (Lipinski definition) is 0. The molecule has 0 N–H and O–H groups in total. The van der Waals surface area contributed by atoms with Crippen LogP contribution in [0.5, 0.6) is 0 Å². The third-order valence-electron chi connectivity index (χ3n) is 5.16. The fourth-order valence-electron chi connectivity index (χ4n) is 3.99. The molecule has 0 aromatic rings. The van der Waals surface area contributed by atoms with Gasteiger partial charge in [-0.05, 0) is 77.6 Å². The maximum absolute atomic E-state index is 12.0. The van der Waals surface area contributed by atoms with Crippen LogP contribution in [0.4, 0.5) is 0 Å². The average Bonchev–Trinajstić information content (AvgIpc) is 2.49. The van der Waals surface area contributed by atoms with E-state index in [1.165, 1.54) is 38.5 Å². The molecule has 0 bridgehead atoms. The summed E-state index contributed by atoms with van der Waals surface area (Å²) in [4.78, 5) is 12.0. The highest BCUT2D eigenvalue weighted by molar-refractivity contribution is 5.69. The van der Waals surface area contributed by atoms with Crippen LogP contribution in [0.15, 0.2) is 11.6 Å². The number of hydrogen-bond acceptors (Lipinski definition) is 2. The van der Waals surface area contributed by atoms with Crippen LogP contribution in [0.25, 0.3) is 0 Å². The molecule has 0 spiro atoms. The van der Waals surface area contributed by atoms with Gasteiger partial charge in [0, 0.05) is 12.8 Å². The summed E-state index contributed by atoms with van der Waals surface area (Å²) in [5.41, 5.74) is 1.52. The summed E-state index contributed by atoms with van der Waals surface area (Å²) in [6.07, 6.45) is 21.1. The molecule has 1 atom stereocenters. The van der Waals surface area contributed by atoms with Crippen molar-refractivity contribution in [3.63, 3.8) is 0 Å². The minimum atomic E-state index is -0.382. The molecule has 25 heavy (non-hydrogen) atoms. The van der Waals surface area contributed by atoms with Crippen molar-refractivity contribution in [3.05, 3.63) is 11.6 Å². The summed E-state index contributed by atoms with van der Waals surface area (Å²) < 4.78 is 5.46. The van der Waals surface area contributed by atoms with Crippen LogP contribution in [0.2, 0.25) is 0 Å². The zero-order valence-electron chi connectivity index (χ0n) is 17.0. The smallest absolute Gasteiger partial charge is 0.306 e. The molecule has 1 unspecified atom stereocenters. The Bertz CT molecular complexity index is 475. The minimum Gasteiger partial charge on any atom is -0.460 e. The van der Waals surface area contributed by atoms with Crippen molar-refractivity contribution in [2.75, 3.05) is 0 Å². The van der Waals surface area contributed by atoms with Crippen LogP contribution < -0.4 is 0 Å². The van der Waals surface area contributed by atoms with Crippen LogP contribution in [0.1, 0.15) is 105 Å². The van der Waals surface area contributed by atoms with Crippen LogP contribution in [0, 0.1) is 17.8 Å². The summed E-state index contributed by atoms with van der Waals surface area (Å²) in [7, 11) is 0. The molecule has 0 aliphatic heterocycles. The van der Waals surface area contributed by atoms with Crippen molar-refractivity contribution in [1.29, 1.82) is 0 Å². The third-order valence-corrected chi connectivity index (χ3v) is 5.16. The van der Waals surface area contributed by atoms with Gasteiger partial charge >= 0.3 is 5.97 Å². The number of allylic oxidation sites excluding steroid dienone is 2. The molecule has 2 nitrogen and oxygen atoms in total. The molecule has 0 fully saturated rings. The Morgan fingerprint density at radius 1 is 1.32 bits per heavy atom. The Morgan fingerprint density at radius 2 is 2.08 bits per heavy atom. The van der Waals surface area contributed by atoms with E-state index in [1.807, 2.05) is 20.8 Å². The summed E-state index contributed by atoms with van der Waals surface area (Å²) in [5, 5.41) is 0. The lowest BCUT2D eigenvalue weighted by Gasteiger charge is -2.35.